The first-order valence-corrected chi connectivity index (χ1v) is 10.6. The van der Waals surface area contributed by atoms with Gasteiger partial charge in [0.05, 0.1) is 11.1 Å². The molecule has 0 saturated carbocycles. The Morgan fingerprint density at radius 2 is 1.58 bits per heavy atom. The van der Waals surface area contributed by atoms with E-state index in [2.05, 4.69) is 63.8 Å². The first-order chi connectivity index (χ1) is 15.2. The first-order valence-electron chi connectivity index (χ1n) is 10.6. The monoisotopic (exact) mass is 409 g/mol. The molecule has 3 aliphatic carbocycles. The molecule has 4 aromatic rings. The molecule has 1 N–H and O–H groups in total. The van der Waals surface area contributed by atoms with Crippen LogP contribution in [0.5, 0.6) is 0 Å². The Hall–Kier alpha value is -3.60. The number of benzene rings is 3. The van der Waals surface area contributed by atoms with E-state index in [0.29, 0.717) is 23.5 Å². The second-order valence-corrected chi connectivity index (χ2v) is 8.37. The first kappa shape index (κ1) is 18.2. The molecule has 1 amide bonds. The van der Waals surface area contributed by atoms with Crippen LogP contribution in [0.3, 0.4) is 0 Å². The summed E-state index contributed by atoms with van der Waals surface area (Å²) in [4.78, 5) is 21.4. The maximum atomic E-state index is 14.1. The number of carbonyl (C=O) groups is 1. The molecule has 3 aromatic carbocycles. The predicted molar refractivity (Wildman–Crippen MR) is 117 cm³/mol. The highest BCUT2D eigenvalue weighted by Crippen LogP contribution is 2.55. The van der Waals surface area contributed by atoms with Crippen molar-refractivity contribution in [2.24, 2.45) is 5.92 Å². The lowest BCUT2D eigenvalue weighted by molar-refractivity contribution is 0.0944. The third kappa shape index (κ3) is 2.84. The van der Waals surface area contributed by atoms with Gasteiger partial charge in [0.25, 0.3) is 5.91 Å². The number of nitrogens with zero attached hydrogens (tertiary/aromatic N) is 2. The standard InChI is InChI=1S/C26H20FN3O/c27-16-12-22(25-23(13-16)28-9-10-29-25)26(31)30-14-15-11-21-17-5-1-3-7-19(17)24(15)20-8-4-2-6-18(20)21/h1-10,12-13,15,21,24H,11,14H2,(H,30,31). The zero-order valence-corrected chi connectivity index (χ0v) is 16.8. The van der Waals surface area contributed by atoms with Crippen LogP contribution in [0.15, 0.2) is 73.1 Å². The number of hydrogen-bond donors (Lipinski definition) is 1. The predicted octanol–water partition coefficient (Wildman–Crippen LogP) is 4.80. The Morgan fingerprint density at radius 3 is 2.29 bits per heavy atom. The van der Waals surface area contributed by atoms with Crippen LogP contribution in [0, 0.1) is 11.7 Å². The van der Waals surface area contributed by atoms with Crippen molar-refractivity contribution in [2.45, 2.75) is 18.3 Å². The van der Waals surface area contributed by atoms with E-state index in [9.17, 15) is 9.18 Å². The minimum atomic E-state index is -0.488. The van der Waals surface area contributed by atoms with Gasteiger partial charge in [-0.3, -0.25) is 14.8 Å². The van der Waals surface area contributed by atoms with Crippen molar-refractivity contribution >= 4 is 16.9 Å². The van der Waals surface area contributed by atoms with Gasteiger partial charge >= 0.3 is 0 Å². The molecule has 0 spiro atoms. The molecule has 1 unspecified atom stereocenters. The van der Waals surface area contributed by atoms with Gasteiger partial charge in [0.15, 0.2) is 0 Å². The van der Waals surface area contributed by atoms with E-state index in [0.717, 1.165) is 6.42 Å². The van der Waals surface area contributed by atoms with Crippen LogP contribution in [0.4, 0.5) is 4.39 Å². The number of carbonyl (C=O) groups excluding carboxylic acids is 1. The summed E-state index contributed by atoms with van der Waals surface area (Å²) in [5, 5.41) is 3.06. The number of fused-ring (bicyclic) bond motifs is 2. The van der Waals surface area contributed by atoms with Crippen molar-refractivity contribution in [1.29, 1.82) is 0 Å². The highest BCUT2D eigenvalue weighted by Gasteiger charge is 2.42. The third-order valence-electron chi connectivity index (χ3n) is 6.73. The van der Waals surface area contributed by atoms with Gasteiger partial charge < -0.3 is 5.32 Å². The molecule has 31 heavy (non-hydrogen) atoms. The van der Waals surface area contributed by atoms with Gasteiger partial charge in [-0.05, 0) is 40.7 Å². The van der Waals surface area contributed by atoms with Gasteiger partial charge in [-0.25, -0.2) is 4.39 Å². The summed E-state index contributed by atoms with van der Waals surface area (Å²) in [6, 6.07) is 19.8. The summed E-state index contributed by atoms with van der Waals surface area (Å²) in [6.07, 6.45) is 4.00. The lowest BCUT2D eigenvalue weighted by atomic mass is 9.59. The van der Waals surface area contributed by atoms with Crippen LogP contribution < -0.4 is 5.32 Å². The summed E-state index contributed by atoms with van der Waals surface area (Å²) < 4.78 is 14.1. The van der Waals surface area contributed by atoms with Gasteiger partial charge in [0.1, 0.15) is 11.3 Å². The van der Waals surface area contributed by atoms with Gasteiger partial charge in [-0.1, -0.05) is 48.5 Å². The summed E-state index contributed by atoms with van der Waals surface area (Å²) in [6.45, 7) is 0.529. The molecule has 152 valence electrons. The van der Waals surface area contributed by atoms with Gasteiger partial charge in [-0.2, -0.15) is 0 Å². The molecule has 1 heterocycles. The quantitative estimate of drug-likeness (QED) is 0.529. The fraction of sp³-hybridized carbons (Fsp3) is 0.192. The topological polar surface area (TPSA) is 54.9 Å². The average Bonchev–Trinajstić information content (AvgIpc) is 2.82. The summed E-state index contributed by atoms with van der Waals surface area (Å²) in [5.41, 5.74) is 6.55. The second kappa shape index (κ2) is 6.98. The highest BCUT2D eigenvalue weighted by atomic mass is 19.1. The molecule has 3 aliphatic rings. The molecule has 4 nitrogen and oxygen atoms in total. The van der Waals surface area contributed by atoms with Crippen LogP contribution >= 0.6 is 0 Å². The molecule has 0 radical (unpaired) electrons. The van der Waals surface area contributed by atoms with Crippen molar-refractivity contribution in [3.8, 4) is 0 Å². The minimum absolute atomic E-state index is 0.227. The van der Waals surface area contributed by atoms with Crippen LogP contribution in [0.1, 0.15) is 50.9 Å². The van der Waals surface area contributed by atoms with E-state index >= 15 is 0 Å². The number of rotatable bonds is 3. The van der Waals surface area contributed by atoms with Gasteiger partial charge in [-0.15, -0.1) is 0 Å². The van der Waals surface area contributed by atoms with Crippen LogP contribution in [0.2, 0.25) is 0 Å². The van der Waals surface area contributed by atoms with Crippen molar-refractivity contribution < 1.29 is 9.18 Å². The average molecular weight is 409 g/mol. The van der Waals surface area contributed by atoms with E-state index in [1.54, 1.807) is 0 Å². The number of hydrogen-bond acceptors (Lipinski definition) is 3. The second-order valence-electron chi connectivity index (χ2n) is 8.37. The lowest BCUT2D eigenvalue weighted by Gasteiger charge is -2.45. The van der Waals surface area contributed by atoms with E-state index < -0.39 is 5.82 Å². The van der Waals surface area contributed by atoms with Crippen LogP contribution in [-0.2, 0) is 0 Å². The van der Waals surface area contributed by atoms with E-state index in [4.69, 9.17) is 0 Å². The Morgan fingerprint density at radius 1 is 0.935 bits per heavy atom. The molecule has 0 aliphatic heterocycles. The fourth-order valence-corrected chi connectivity index (χ4v) is 5.49. The Kier molecular flexibility index (Phi) is 4.10. The van der Waals surface area contributed by atoms with E-state index in [-0.39, 0.29) is 23.3 Å². The van der Waals surface area contributed by atoms with Crippen LogP contribution in [-0.4, -0.2) is 22.4 Å². The molecular weight excluding hydrogens is 389 g/mol. The Balaban J connectivity index is 1.31. The SMILES string of the molecule is O=C(NCC1CC2c3ccccc3C1c1ccccc12)c1cc(F)cc2nccnc12. The van der Waals surface area contributed by atoms with E-state index in [1.165, 1.54) is 46.8 Å². The summed E-state index contributed by atoms with van der Waals surface area (Å²) in [5.74, 6) is 0.0808. The molecule has 7 rings (SSSR count). The van der Waals surface area contributed by atoms with Gasteiger partial charge in [0, 0.05) is 36.8 Å². The van der Waals surface area contributed by atoms with Crippen molar-refractivity contribution in [3.63, 3.8) is 0 Å². The molecular formula is C26H20FN3O. The van der Waals surface area contributed by atoms with Gasteiger partial charge in [0.2, 0.25) is 0 Å². The Labute approximate surface area is 179 Å². The normalized spacial score (nSPS) is 20.9. The zero-order chi connectivity index (χ0) is 20.9. The number of nitrogens with one attached hydrogen (secondary N) is 1. The smallest absolute Gasteiger partial charge is 0.253 e. The zero-order valence-electron chi connectivity index (χ0n) is 16.8. The summed E-state index contributed by atoms with van der Waals surface area (Å²) >= 11 is 0. The molecule has 0 fully saturated rings. The molecule has 0 saturated heterocycles. The van der Waals surface area contributed by atoms with Crippen molar-refractivity contribution in [3.05, 3.63) is 107 Å². The largest absolute Gasteiger partial charge is 0.352 e. The maximum Gasteiger partial charge on any atom is 0.253 e. The maximum absolute atomic E-state index is 14.1. The third-order valence-corrected chi connectivity index (χ3v) is 6.73. The number of aromatic nitrogens is 2. The molecule has 1 atom stereocenters. The summed E-state index contributed by atoms with van der Waals surface area (Å²) in [7, 11) is 0. The fourth-order valence-electron chi connectivity index (χ4n) is 5.49. The molecule has 5 heteroatoms. The lowest BCUT2D eigenvalue weighted by Crippen LogP contribution is -2.39. The van der Waals surface area contributed by atoms with Crippen LogP contribution in [0.25, 0.3) is 11.0 Å². The number of halogens is 1. The Bertz CT molecular complexity index is 1290. The molecule has 2 bridgehead atoms. The minimum Gasteiger partial charge on any atom is -0.352 e. The van der Waals surface area contributed by atoms with Crippen molar-refractivity contribution in [1.82, 2.24) is 15.3 Å². The molecule has 1 aromatic heterocycles. The van der Waals surface area contributed by atoms with Crippen molar-refractivity contribution in [2.75, 3.05) is 6.54 Å². The highest BCUT2D eigenvalue weighted by molar-refractivity contribution is 6.04. The van der Waals surface area contributed by atoms with E-state index in [1.807, 2.05) is 0 Å². The number of amides is 1.